The first-order valence-electron chi connectivity index (χ1n) is 7.63. The van der Waals surface area contributed by atoms with E-state index in [1.165, 1.54) is 30.6 Å². The van der Waals surface area contributed by atoms with Gasteiger partial charge in [-0.05, 0) is 49.5 Å². The van der Waals surface area contributed by atoms with Gasteiger partial charge in [0.1, 0.15) is 5.00 Å². The molecule has 0 aliphatic carbocycles. The van der Waals surface area contributed by atoms with Crippen molar-refractivity contribution in [2.45, 2.75) is 18.7 Å². The van der Waals surface area contributed by atoms with Gasteiger partial charge in [0.2, 0.25) is 10.0 Å². The monoisotopic (exact) mass is 413 g/mol. The summed E-state index contributed by atoms with van der Waals surface area (Å²) in [5.74, 6) is -0.447. The van der Waals surface area contributed by atoms with E-state index in [-0.39, 0.29) is 10.0 Å². The molecule has 0 aliphatic heterocycles. The number of benzene rings is 1. The van der Waals surface area contributed by atoms with Gasteiger partial charge in [0.25, 0.3) is 0 Å². The summed E-state index contributed by atoms with van der Waals surface area (Å²) in [4.78, 5) is 12.9. The molecule has 3 N–H and O–H groups in total. The topological polar surface area (TPSA) is 96.5 Å². The van der Waals surface area contributed by atoms with Crippen LogP contribution in [-0.4, -0.2) is 33.2 Å². The lowest BCUT2D eigenvalue weighted by Gasteiger charge is -2.11. The first-order chi connectivity index (χ1) is 12.3. The van der Waals surface area contributed by atoms with E-state index >= 15 is 0 Å². The Kier molecular flexibility index (Phi) is 6.70. The van der Waals surface area contributed by atoms with Gasteiger partial charge < -0.3 is 15.4 Å². The van der Waals surface area contributed by atoms with Gasteiger partial charge in [-0.3, -0.25) is 0 Å². The smallest absolute Gasteiger partial charge is 0.340 e. The zero-order chi connectivity index (χ0) is 19.3. The quantitative estimate of drug-likeness (QED) is 0.495. The average molecular weight is 414 g/mol. The molecular weight excluding hydrogens is 394 g/mol. The van der Waals surface area contributed by atoms with Crippen LogP contribution in [0.25, 0.3) is 0 Å². The Balaban J connectivity index is 2.08. The zero-order valence-corrected chi connectivity index (χ0v) is 16.9. The maximum Gasteiger partial charge on any atom is 0.340 e. The van der Waals surface area contributed by atoms with Crippen LogP contribution in [0, 0.1) is 6.92 Å². The molecule has 140 valence electrons. The summed E-state index contributed by atoms with van der Waals surface area (Å²) in [6.45, 7) is 3.91. The molecule has 0 bridgehead atoms. The Morgan fingerprint density at radius 1 is 1.23 bits per heavy atom. The van der Waals surface area contributed by atoms with E-state index in [1.807, 2.05) is 6.92 Å². The summed E-state index contributed by atoms with van der Waals surface area (Å²) in [5.41, 5.74) is 1.03. The highest BCUT2D eigenvalue weighted by Gasteiger charge is 2.16. The third-order valence-corrected chi connectivity index (χ3v) is 5.98. The van der Waals surface area contributed by atoms with E-state index in [1.54, 1.807) is 25.1 Å². The van der Waals surface area contributed by atoms with Gasteiger partial charge in [-0.2, -0.15) is 0 Å². The summed E-state index contributed by atoms with van der Waals surface area (Å²) < 4.78 is 31.0. The molecular formula is C16H19N3O4S3. The maximum atomic E-state index is 11.9. The summed E-state index contributed by atoms with van der Waals surface area (Å²) in [5, 5.41) is 6.78. The number of thiophene rings is 1. The SMILES string of the molecule is CCNS(=O)(=O)c1ccc(NC(=S)Nc2sc(C)cc2C(=O)OC)cc1. The molecule has 10 heteroatoms. The van der Waals surface area contributed by atoms with Crippen LogP contribution in [0.4, 0.5) is 10.7 Å². The fraction of sp³-hybridized carbons (Fsp3) is 0.250. The highest BCUT2D eigenvalue weighted by Crippen LogP contribution is 2.28. The van der Waals surface area contributed by atoms with Crippen LogP contribution >= 0.6 is 23.6 Å². The first-order valence-corrected chi connectivity index (χ1v) is 10.3. The molecule has 0 saturated heterocycles. The van der Waals surface area contributed by atoms with Crippen LogP contribution in [0.3, 0.4) is 0 Å². The van der Waals surface area contributed by atoms with Crippen molar-refractivity contribution in [3.8, 4) is 0 Å². The maximum absolute atomic E-state index is 11.9. The molecule has 0 radical (unpaired) electrons. The summed E-state index contributed by atoms with van der Waals surface area (Å²) >= 11 is 6.64. The fourth-order valence-electron chi connectivity index (χ4n) is 2.12. The van der Waals surface area contributed by atoms with E-state index in [0.717, 1.165) is 4.88 Å². The molecule has 1 aromatic heterocycles. The van der Waals surface area contributed by atoms with Crippen molar-refractivity contribution in [3.63, 3.8) is 0 Å². The molecule has 0 aliphatic rings. The number of carbonyl (C=O) groups is 1. The number of sulfonamides is 1. The van der Waals surface area contributed by atoms with Gasteiger partial charge in [-0.15, -0.1) is 11.3 Å². The summed E-state index contributed by atoms with van der Waals surface area (Å²) in [6, 6.07) is 7.91. The molecule has 26 heavy (non-hydrogen) atoms. The Morgan fingerprint density at radius 2 is 1.88 bits per heavy atom. The number of anilines is 2. The van der Waals surface area contributed by atoms with Gasteiger partial charge in [0.05, 0.1) is 17.6 Å². The lowest BCUT2D eigenvalue weighted by Crippen LogP contribution is -2.23. The molecule has 0 fully saturated rings. The van der Waals surface area contributed by atoms with Crippen LogP contribution in [0.2, 0.25) is 0 Å². The van der Waals surface area contributed by atoms with Gasteiger partial charge in [0.15, 0.2) is 5.11 Å². The summed E-state index contributed by atoms with van der Waals surface area (Å²) in [7, 11) is -2.18. The van der Waals surface area contributed by atoms with Gasteiger partial charge in [-0.25, -0.2) is 17.9 Å². The van der Waals surface area contributed by atoms with Crippen molar-refractivity contribution in [2.75, 3.05) is 24.3 Å². The summed E-state index contributed by atoms with van der Waals surface area (Å²) in [6.07, 6.45) is 0. The van der Waals surface area contributed by atoms with E-state index < -0.39 is 16.0 Å². The molecule has 0 saturated carbocycles. The second kappa shape index (κ2) is 8.58. The van der Waals surface area contributed by atoms with Gasteiger partial charge >= 0.3 is 5.97 Å². The Bertz CT molecular complexity index is 905. The third-order valence-electron chi connectivity index (χ3n) is 3.24. The second-order valence-electron chi connectivity index (χ2n) is 5.20. The minimum absolute atomic E-state index is 0.172. The number of hydrogen-bond donors (Lipinski definition) is 3. The van der Waals surface area contributed by atoms with Crippen molar-refractivity contribution in [1.82, 2.24) is 4.72 Å². The molecule has 0 spiro atoms. The number of nitrogens with one attached hydrogen (secondary N) is 3. The van der Waals surface area contributed by atoms with E-state index in [0.29, 0.717) is 22.8 Å². The van der Waals surface area contributed by atoms with E-state index in [2.05, 4.69) is 15.4 Å². The number of rotatable bonds is 6. The van der Waals surface area contributed by atoms with Crippen molar-refractivity contribution < 1.29 is 17.9 Å². The average Bonchev–Trinajstić information content (AvgIpc) is 2.94. The molecule has 7 nitrogen and oxygen atoms in total. The molecule has 1 heterocycles. The van der Waals surface area contributed by atoms with Gasteiger partial charge in [0, 0.05) is 17.1 Å². The predicted octanol–water partition coefficient (Wildman–Crippen LogP) is 2.95. The number of carbonyl (C=O) groups excluding carboxylic acids is 1. The van der Waals surface area contributed by atoms with E-state index in [4.69, 9.17) is 17.0 Å². The first kappa shape index (κ1) is 20.3. The third kappa shape index (κ3) is 5.01. The number of esters is 1. The number of thiocarbonyl (C=S) groups is 1. The molecule has 2 rings (SSSR count). The molecule has 0 unspecified atom stereocenters. The van der Waals surface area contributed by atoms with Crippen LogP contribution in [0.5, 0.6) is 0 Å². The van der Waals surface area contributed by atoms with E-state index in [9.17, 15) is 13.2 Å². The Labute approximate surface area is 161 Å². The molecule has 1 aromatic carbocycles. The normalized spacial score (nSPS) is 11.0. The minimum atomic E-state index is -3.50. The van der Waals surface area contributed by atoms with Crippen LogP contribution in [0.15, 0.2) is 35.2 Å². The zero-order valence-electron chi connectivity index (χ0n) is 14.5. The standard InChI is InChI=1S/C16H19N3O4S3/c1-4-17-26(21,22)12-7-5-11(6-8-12)18-16(24)19-14-13(15(20)23-3)9-10(2)25-14/h5-9,17H,4H2,1-3H3,(H2,18,19,24). The molecule has 0 atom stereocenters. The Hall–Kier alpha value is -2.01. The lowest BCUT2D eigenvalue weighted by molar-refractivity contribution is 0.0602. The number of methoxy groups -OCH3 is 1. The van der Waals surface area contributed by atoms with Crippen LogP contribution < -0.4 is 15.4 Å². The highest BCUT2D eigenvalue weighted by atomic mass is 32.2. The lowest BCUT2D eigenvalue weighted by atomic mass is 10.3. The number of ether oxygens (including phenoxy) is 1. The highest BCUT2D eigenvalue weighted by molar-refractivity contribution is 7.89. The number of aryl methyl sites for hydroxylation is 1. The van der Waals surface area contributed by atoms with Crippen molar-refractivity contribution >= 4 is 55.3 Å². The molecule has 0 amide bonds. The van der Waals surface area contributed by atoms with Crippen molar-refractivity contribution in [1.29, 1.82) is 0 Å². The predicted molar refractivity (Wildman–Crippen MR) is 108 cm³/mol. The molecule has 2 aromatic rings. The number of hydrogen-bond acceptors (Lipinski definition) is 6. The van der Waals surface area contributed by atoms with Crippen LogP contribution in [-0.2, 0) is 14.8 Å². The van der Waals surface area contributed by atoms with Crippen LogP contribution in [0.1, 0.15) is 22.2 Å². The fourth-order valence-corrected chi connectivity index (χ4v) is 4.35. The van der Waals surface area contributed by atoms with Crippen molar-refractivity contribution in [2.24, 2.45) is 0 Å². The second-order valence-corrected chi connectivity index (χ2v) is 8.63. The minimum Gasteiger partial charge on any atom is -0.465 e. The van der Waals surface area contributed by atoms with Crippen molar-refractivity contribution in [3.05, 3.63) is 40.8 Å². The largest absolute Gasteiger partial charge is 0.465 e. The van der Waals surface area contributed by atoms with Gasteiger partial charge in [-0.1, -0.05) is 6.92 Å². The Morgan fingerprint density at radius 3 is 2.46 bits per heavy atom.